The van der Waals surface area contributed by atoms with Gasteiger partial charge >= 0.3 is 0 Å². The van der Waals surface area contributed by atoms with Crippen molar-refractivity contribution >= 4 is 0 Å². The van der Waals surface area contributed by atoms with E-state index in [1.165, 1.54) is 6.07 Å². The van der Waals surface area contributed by atoms with Crippen LogP contribution >= 0.6 is 0 Å². The fraction of sp³-hybridized carbons (Fsp3) is 0.647. The van der Waals surface area contributed by atoms with E-state index in [0.29, 0.717) is 18.8 Å². The topological polar surface area (TPSA) is 0 Å². The maximum absolute atomic E-state index is 14.3. The molecule has 2 unspecified atom stereocenters. The van der Waals surface area contributed by atoms with E-state index in [1.807, 2.05) is 0 Å². The Kier molecular flexibility index (Phi) is 4.95. The molecule has 1 aromatic carbocycles. The molecule has 0 radical (unpaired) electrons. The summed E-state index contributed by atoms with van der Waals surface area (Å²) in [4.78, 5) is 0. The van der Waals surface area contributed by atoms with Gasteiger partial charge in [0, 0.05) is 5.92 Å². The van der Waals surface area contributed by atoms with Crippen molar-refractivity contribution in [1.29, 1.82) is 0 Å². The first-order valence-electron chi connectivity index (χ1n) is 7.73. The summed E-state index contributed by atoms with van der Waals surface area (Å²) in [5, 5.41) is 0. The molecule has 4 heteroatoms. The van der Waals surface area contributed by atoms with E-state index in [4.69, 9.17) is 0 Å². The number of fused-ring (bicyclic) bond motifs is 1. The van der Waals surface area contributed by atoms with Gasteiger partial charge in [-0.1, -0.05) is 45.6 Å². The fourth-order valence-electron chi connectivity index (χ4n) is 3.35. The van der Waals surface area contributed by atoms with Crippen LogP contribution in [0.2, 0.25) is 0 Å². The second-order valence-corrected chi connectivity index (χ2v) is 6.24. The highest BCUT2D eigenvalue weighted by atomic mass is 19.3. The molecule has 1 aliphatic rings. The lowest BCUT2D eigenvalue weighted by Crippen LogP contribution is -2.22. The van der Waals surface area contributed by atoms with Gasteiger partial charge in [-0.3, -0.25) is 0 Å². The highest BCUT2D eigenvalue weighted by molar-refractivity contribution is 5.38. The average Bonchev–Trinajstić information content (AvgIpc) is 2.66. The van der Waals surface area contributed by atoms with Crippen LogP contribution < -0.4 is 0 Å². The van der Waals surface area contributed by atoms with Gasteiger partial charge in [0.05, 0.1) is 5.56 Å². The van der Waals surface area contributed by atoms with Crippen LogP contribution in [0.25, 0.3) is 0 Å². The molecule has 0 N–H and O–H groups in total. The molecule has 21 heavy (non-hydrogen) atoms. The summed E-state index contributed by atoms with van der Waals surface area (Å²) in [5.74, 6) is -6.20. The summed E-state index contributed by atoms with van der Waals surface area (Å²) in [6, 6.07) is 2.23. The molecule has 2 atom stereocenters. The largest absolute Gasteiger partial charge is 0.279 e. The Labute approximate surface area is 123 Å². The summed E-state index contributed by atoms with van der Waals surface area (Å²) in [6.07, 6.45) is 4.31. The van der Waals surface area contributed by atoms with Crippen molar-refractivity contribution < 1.29 is 17.6 Å². The van der Waals surface area contributed by atoms with Gasteiger partial charge in [0.1, 0.15) is 0 Å². The molecular formula is C17H22F4. The fourth-order valence-corrected chi connectivity index (χ4v) is 3.35. The third-order valence-electron chi connectivity index (χ3n) is 4.52. The van der Waals surface area contributed by atoms with Crippen molar-refractivity contribution in [3.63, 3.8) is 0 Å². The van der Waals surface area contributed by atoms with Gasteiger partial charge in [-0.2, -0.15) is 0 Å². The molecule has 0 nitrogen and oxygen atoms in total. The maximum Gasteiger partial charge on any atom is 0.279 e. The summed E-state index contributed by atoms with van der Waals surface area (Å²) in [7, 11) is 0. The molecule has 0 aromatic heterocycles. The molecule has 0 aliphatic heterocycles. The smallest absolute Gasteiger partial charge is 0.204 e. The number of halogens is 4. The molecule has 0 saturated carbocycles. The third-order valence-corrected chi connectivity index (χ3v) is 4.52. The zero-order chi connectivity index (χ0) is 15.6. The molecule has 1 aliphatic carbocycles. The number of hydrogen-bond acceptors (Lipinski definition) is 0. The van der Waals surface area contributed by atoms with Crippen molar-refractivity contribution in [3.8, 4) is 0 Å². The van der Waals surface area contributed by atoms with Crippen LogP contribution in [-0.4, -0.2) is 0 Å². The van der Waals surface area contributed by atoms with Crippen molar-refractivity contribution in [2.75, 3.05) is 0 Å². The van der Waals surface area contributed by atoms with E-state index < -0.39 is 29.0 Å². The predicted molar refractivity (Wildman–Crippen MR) is 75.4 cm³/mol. The van der Waals surface area contributed by atoms with Crippen LogP contribution in [0.5, 0.6) is 0 Å². The van der Waals surface area contributed by atoms with Gasteiger partial charge in [0.25, 0.3) is 5.92 Å². The Bertz CT molecular complexity index is 496. The molecule has 2 rings (SSSR count). The quantitative estimate of drug-likeness (QED) is 0.579. The van der Waals surface area contributed by atoms with E-state index >= 15 is 0 Å². The van der Waals surface area contributed by atoms with E-state index in [9.17, 15) is 17.6 Å². The maximum atomic E-state index is 14.3. The highest BCUT2D eigenvalue weighted by Gasteiger charge is 2.50. The van der Waals surface area contributed by atoms with Gasteiger partial charge in [0.2, 0.25) is 0 Å². The van der Waals surface area contributed by atoms with Crippen LogP contribution in [-0.2, 0) is 12.3 Å². The van der Waals surface area contributed by atoms with Crippen molar-refractivity contribution in [2.45, 2.75) is 58.3 Å². The molecule has 0 heterocycles. The average molecular weight is 302 g/mol. The van der Waals surface area contributed by atoms with E-state index in [-0.39, 0.29) is 12.0 Å². The number of rotatable bonds is 6. The Hall–Kier alpha value is -1.06. The van der Waals surface area contributed by atoms with Crippen LogP contribution in [0.3, 0.4) is 0 Å². The monoisotopic (exact) mass is 302 g/mol. The van der Waals surface area contributed by atoms with Crippen LogP contribution in [0.1, 0.15) is 57.1 Å². The number of alkyl halides is 2. The lowest BCUT2D eigenvalue weighted by Gasteiger charge is -2.21. The van der Waals surface area contributed by atoms with E-state index in [2.05, 4.69) is 13.8 Å². The predicted octanol–water partition coefficient (Wildman–Crippen LogP) is 5.84. The summed E-state index contributed by atoms with van der Waals surface area (Å²) >= 11 is 0. The van der Waals surface area contributed by atoms with Crippen LogP contribution in [0.15, 0.2) is 12.1 Å². The first-order chi connectivity index (χ1) is 9.87. The van der Waals surface area contributed by atoms with Gasteiger partial charge in [-0.15, -0.1) is 0 Å². The van der Waals surface area contributed by atoms with Crippen molar-refractivity contribution in [3.05, 3.63) is 34.9 Å². The molecule has 0 spiro atoms. The van der Waals surface area contributed by atoms with Crippen molar-refractivity contribution in [2.24, 2.45) is 11.8 Å². The Morgan fingerprint density at radius 3 is 2.62 bits per heavy atom. The zero-order valence-corrected chi connectivity index (χ0v) is 12.6. The molecule has 118 valence electrons. The minimum absolute atomic E-state index is 0.141. The first kappa shape index (κ1) is 16.3. The zero-order valence-electron chi connectivity index (χ0n) is 12.6. The van der Waals surface area contributed by atoms with E-state index in [1.54, 1.807) is 0 Å². The first-order valence-corrected chi connectivity index (χ1v) is 7.73. The highest BCUT2D eigenvalue weighted by Crippen LogP contribution is 2.49. The minimum atomic E-state index is -3.25. The minimum Gasteiger partial charge on any atom is -0.204 e. The van der Waals surface area contributed by atoms with Gasteiger partial charge in [0.15, 0.2) is 11.6 Å². The van der Waals surface area contributed by atoms with E-state index in [0.717, 1.165) is 25.3 Å². The second-order valence-electron chi connectivity index (χ2n) is 6.24. The standard InChI is InChI=1S/C17H22F4/c1-3-5-11(2)6-4-7-13-10-12-8-9-14(18)16(19)15(12)17(13,20)21/h8-9,11,13H,3-7,10H2,1-2H3. The Morgan fingerprint density at radius 2 is 1.95 bits per heavy atom. The normalized spacial score (nSPS) is 21.3. The Balaban J connectivity index is 2.03. The Morgan fingerprint density at radius 1 is 1.24 bits per heavy atom. The van der Waals surface area contributed by atoms with Gasteiger partial charge in [-0.25, -0.2) is 17.6 Å². The molecule has 0 saturated heterocycles. The number of hydrogen-bond donors (Lipinski definition) is 0. The molecule has 1 aromatic rings. The third kappa shape index (κ3) is 3.24. The van der Waals surface area contributed by atoms with Gasteiger partial charge < -0.3 is 0 Å². The molecule has 0 amide bonds. The van der Waals surface area contributed by atoms with Crippen molar-refractivity contribution in [1.82, 2.24) is 0 Å². The van der Waals surface area contributed by atoms with Crippen LogP contribution in [0, 0.1) is 23.5 Å². The molecular weight excluding hydrogens is 280 g/mol. The lowest BCUT2D eigenvalue weighted by atomic mass is 9.92. The second kappa shape index (κ2) is 6.37. The lowest BCUT2D eigenvalue weighted by molar-refractivity contribution is -0.0589. The van der Waals surface area contributed by atoms with Gasteiger partial charge in [-0.05, 0) is 30.4 Å². The van der Waals surface area contributed by atoms with Crippen LogP contribution in [0.4, 0.5) is 17.6 Å². The molecule has 0 fully saturated rings. The molecule has 0 bridgehead atoms. The SMILES string of the molecule is CCCC(C)CCCC1Cc2ccc(F)c(F)c2C1(F)F. The summed E-state index contributed by atoms with van der Waals surface area (Å²) < 4.78 is 55.5. The summed E-state index contributed by atoms with van der Waals surface area (Å²) in [5.41, 5.74) is -0.459. The summed E-state index contributed by atoms with van der Waals surface area (Å²) in [6.45, 7) is 4.23. The number of benzene rings is 1.